The fraction of sp³-hybridized carbons (Fsp3) is 0.586. The van der Waals surface area contributed by atoms with Gasteiger partial charge in [-0.25, -0.2) is 8.78 Å². The second-order valence-corrected chi connectivity index (χ2v) is 9.73. The number of aryl methyl sites for hydroxylation is 1. The van der Waals surface area contributed by atoms with Gasteiger partial charge in [0.15, 0.2) is 11.6 Å². The standard InChI is InChI=1S/C29H38F4O/c1-3-5-6-8-22-9-11-23(12-10-22)19-20-34-29(32,33)26-18-17-25(27(30)28(26)31)24-15-13-21(7-4-2)14-16-24/h9-12,17-18,21,24H,3-8,13-16,19-20H2,1-2H3. The Bertz CT molecular complexity index is 886. The summed E-state index contributed by atoms with van der Waals surface area (Å²) in [5.74, 6) is -2.13. The van der Waals surface area contributed by atoms with E-state index in [9.17, 15) is 17.6 Å². The van der Waals surface area contributed by atoms with Crippen molar-refractivity contribution < 1.29 is 22.3 Å². The smallest absolute Gasteiger partial charge is 0.316 e. The van der Waals surface area contributed by atoms with Crippen LogP contribution in [0.1, 0.15) is 99.8 Å². The van der Waals surface area contributed by atoms with Gasteiger partial charge in [0.1, 0.15) is 0 Å². The van der Waals surface area contributed by atoms with Crippen molar-refractivity contribution >= 4 is 0 Å². The first-order valence-corrected chi connectivity index (χ1v) is 12.9. The molecular weight excluding hydrogens is 440 g/mol. The molecule has 0 spiro atoms. The van der Waals surface area contributed by atoms with Crippen LogP contribution in [0.2, 0.25) is 0 Å². The number of alkyl halides is 2. The Hall–Kier alpha value is -1.88. The van der Waals surface area contributed by atoms with Crippen LogP contribution in [0.15, 0.2) is 36.4 Å². The molecule has 2 aromatic rings. The van der Waals surface area contributed by atoms with Gasteiger partial charge in [-0.2, -0.15) is 8.78 Å². The van der Waals surface area contributed by atoms with Crippen molar-refractivity contribution in [2.24, 2.45) is 5.92 Å². The summed E-state index contributed by atoms with van der Waals surface area (Å²) in [5.41, 5.74) is 1.28. The molecule has 0 bridgehead atoms. The highest BCUT2D eigenvalue weighted by Crippen LogP contribution is 2.41. The number of ether oxygens (including phenoxy) is 1. The molecule has 0 radical (unpaired) electrons. The van der Waals surface area contributed by atoms with E-state index in [2.05, 4.69) is 13.8 Å². The van der Waals surface area contributed by atoms with Gasteiger partial charge in [0.2, 0.25) is 0 Å². The van der Waals surface area contributed by atoms with Crippen LogP contribution in [0.25, 0.3) is 0 Å². The van der Waals surface area contributed by atoms with Crippen LogP contribution in [0.5, 0.6) is 0 Å². The van der Waals surface area contributed by atoms with E-state index in [-0.39, 0.29) is 24.5 Å². The maximum atomic E-state index is 14.8. The molecule has 0 saturated heterocycles. The van der Waals surface area contributed by atoms with Gasteiger partial charge in [-0.15, -0.1) is 0 Å². The van der Waals surface area contributed by atoms with Gasteiger partial charge in [0, 0.05) is 0 Å². The predicted octanol–water partition coefficient (Wildman–Crippen LogP) is 9.08. The van der Waals surface area contributed by atoms with E-state index in [1.54, 1.807) is 0 Å². The van der Waals surface area contributed by atoms with Gasteiger partial charge >= 0.3 is 6.11 Å². The van der Waals surface area contributed by atoms with Crippen molar-refractivity contribution in [1.29, 1.82) is 0 Å². The Labute approximate surface area is 201 Å². The van der Waals surface area contributed by atoms with E-state index in [1.807, 2.05) is 24.3 Å². The molecule has 1 saturated carbocycles. The van der Waals surface area contributed by atoms with Crippen LogP contribution >= 0.6 is 0 Å². The van der Waals surface area contributed by atoms with E-state index in [0.29, 0.717) is 5.92 Å². The van der Waals surface area contributed by atoms with Gasteiger partial charge in [-0.1, -0.05) is 69.9 Å². The van der Waals surface area contributed by atoms with Gasteiger partial charge in [0.25, 0.3) is 0 Å². The van der Waals surface area contributed by atoms with E-state index in [0.717, 1.165) is 69.4 Å². The van der Waals surface area contributed by atoms with Gasteiger partial charge in [-0.05, 0) is 79.5 Å². The Morgan fingerprint density at radius 1 is 0.794 bits per heavy atom. The normalized spacial score (nSPS) is 18.9. The van der Waals surface area contributed by atoms with E-state index >= 15 is 0 Å². The van der Waals surface area contributed by atoms with Crippen molar-refractivity contribution in [3.63, 3.8) is 0 Å². The number of hydrogen-bond donors (Lipinski definition) is 0. The van der Waals surface area contributed by atoms with Crippen molar-refractivity contribution in [1.82, 2.24) is 0 Å². The molecule has 0 unspecified atom stereocenters. The van der Waals surface area contributed by atoms with E-state index in [4.69, 9.17) is 4.74 Å². The average molecular weight is 479 g/mol. The van der Waals surface area contributed by atoms with Crippen LogP contribution in [0, 0.1) is 17.6 Å². The lowest BCUT2D eigenvalue weighted by molar-refractivity contribution is -0.249. The summed E-state index contributed by atoms with van der Waals surface area (Å²) in [6.45, 7) is 4.02. The first kappa shape index (κ1) is 26.7. The Morgan fingerprint density at radius 2 is 1.44 bits per heavy atom. The molecule has 1 nitrogen and oxygen atoms in total. The maximum Gasteiger partial charge on any atom is 0.386 e. The molecule has 2 aromatic carbocycles. The molecule has 3 rings (SSSR count). The molecule has 0 heterocycles. The minimum Gasteiger partial charge on any atom is -0.316 e. The zero-order valence-corrected chi connectivity index (χ0v) is 20.5. The molecule has 5 heteroatoms. The third-order valence-electron chi connectivity index (χ3n) is 7.18. The van der Waals surface area contributed by atoms with Crippen LogP contribution < -0.4 is 0 Å². The lowest BCUT2D eigenvalue weighted by Crippen LogP contribution is -2.23. The summed E-state index contributed by atoms with van der Waals surface area (Å²) in [7, 11) is 0. The van der Waals surface area contributed by atoms with E-state index < -0.39 is 23.3 Å². The van der Waals surface area contributed by atoms with Crippen LogP contribution in [-0.2, 0) is 23.7 Å². The lowest BCUT2D eigenvalue weighted by Gasteiger charge is -2.29. The van der Waals surface area contributed by atoms with Crippen molar-refractivity contribution in [3.05, 3.63) is 70.3 Å². The zero-order valence-electron chi connectivity index (χ0n) is 20.5. The number of benzene rings is 2. The highest BCUT2D eigenvalue weighted by molar-refractivity contribution is 5.31. The third-order valence-corrected chi connectivity index (χ3v) is 7.18. The van der Waals surface area contributed by atoms with Gasteiger partial charge < -0.3 is 4.74 Å². The summed E-state index contributed by atoms with van der Waals surface area (Å²) in [6, 6.07) is 10.2. The highest BCUT2D eigenvalue weighted by atomic mass is 19.3. The monoisotopic (exact) mass is 478 g/mol. The quantitative estimate of drug-likeness (QED) is 0.218. The Morgan fingerprint density at radius 3 is 2.06 bits per heavy atom. The van der Waals surface area contributed by atoms with E-state index in [1.165, 1.54) is 18.1 Å². The largest absolute Gasteiger partial charge is 0.386 e. The second-order valence-electron chi connectivity index (χ2n) is 9.73. The second kappa shape index (κ2) is 12.7. The number of rotatable bonds is 12. The van der Waals surface area contributed by atoms with Gasteiger partial charge in [0.05, 0.1) is 12.2 Å². The topological polar surface area (TPSA) is 9.23 Å². The summed E-state index contributed by atoms with van der Waals surface area (Å²) in [4.78, 5) is 0. The fourth-order valence-electron chi connectivity index (χ4n) is 5.10. The number of hydrogen-bond acceptors (Lipinski definition) is 1. The van der Waals surface area contributed by atoms with Crippen LogP contribution in [0.3, 0.4) is 0 Å². The van der Waals surface area contributed by atoms with Crippen molar-refractivity contribution in [2.75, 3.05) is 6.61 Å². The van der Waals surface area contributed by atoms with Gasteiger partial charge in [-0.3, -0.25) is 0 Å². The Kier molecular flexibility index (Phi) is 9.99. The molecule has 0 atom stereocenters. The fourth-order valence-corrected chi connectivity index (χ4v) is 5.10. The van der Waals surface area contributed by atoms with Crippen molar-refractivity contribution in [2.45, 2.75) is 96.5 Å². The summed E-state index contributed by atoms with van der Waals surface area (Å²) < 4.78 is 63.5. The SMILES string of the molecule is CCCCCc1ccc(CCOC(F)(F)c2ccc(C3CCC(CCC)CC3)c(F)c2F)cc1. The molecule has 1 aliphatic rings. The number of halogens is 4. The molecule has 34 heavy (non-hydrogen) atoms. The summed E-state index contributed by atoms with van der Waals surface area (Å²) >= 11 is 0. The molecule has 0 aliphatic heterocycles. The number of unbranched alkanes of at least 4 members (excludes halogenated alkanes) is 2. The average Bonchev–Trinajstić information content (AvgIpc) is 2.82. The molecule has 0 amide bonds. The minimum absolute atomic E-state index is 0.115. The molecule has 1 fully saturated rings. The molecule has 1 aliphatic carbocycles. The third kappa shape index (κ3) is 7.07. The molecule has 0 aromatic heterocycles. The molecule has 0 N–H and O–H groups in total. The molecular formula is C29H38F4O. The predicted molar refractivity (Wildman–Crippen MR) is 129 cm³/mol. The first-order valence-electron chi connectivity index (χ1n) is 12.9. The first-order chi connectivity index (χ1) is 16.4. The molecule has 188 valence electrons. The van der Waals surface area contributed by atoms with Crippen LogP contribution in [0.4, 0.5) is 17.6 Å². The summed E-state index contributed by atoms with van der Waals surface area (Å²) in [5, 5.41) is 0. The maximum absolute atomic E-state index is 14.8. The van der Waals surface area contributed by atoms with Crippen LogP contribution in [-0.4, -0.2) is 6.61 Å². The Balaban J connectivity index is 1.57. The zero-order chi connectivity index (χ0) is 24.6. The minimum atomic E-state index is -3.89. The van der Waals surface area contributed by atoms with Crippen molar-refractivity contribution in [3.8, 4) is 0 Å². The lowest BCUT2D eigenvalue weighted by atomic mass is 9.77. The highest BCUT2D eigenvalue weighted by Gasteiger charge is 2.38. The summed E-state index contributed by atoms with van der Waals surface area (Å²) in [6.07, 6.45) is 6.61.